The predicted octanol–water partition coefficient (Wildman–Crippen LogP) is 2.92. The molecule has 1 aromatic carbocycles. The van der Waals surface area contributed by atoms with E-state index in [1.807, 2.05) is 52.2 Å². The Labute approximate surface area is 136 Å². The van der Waals surface area contributed by atoms with Crippen LogP contribution >= 0.6 is 15.9 Å². The van der Waals surface area contributed by atoms with Gasteiger partial charge in [0.25, 0.3) is 5.91 Å². The van der Waals surface area contributed by atoms with Crippen molar-refractivity contribution < 1.29 is 9.53 Å². The van der Waals surface area contributed by atoms with Gasteiger partial charge in [0.2, 0.25) is 0 Å². The first-order valence-electron chi connectivity index (χ1n) is 7.25. The molecular weight excluding hydrogens is 332 g/mol. The number of benzene rings is 1. The SMILES string of the molecule is CC(C)[C@@H](Oc1ccccc1Br)C(=O)NCCCN(C)C. The highest BCUT2D eigenvalue weighted by Crippen LogP contribution is 2.26. The molecule has 1 rings (SSSR count). The number of carbonyl (C=O) groups excluding carboxylic acids is 1. The van der Waals surface area contributed by atoms with E-state index in [0.29, 0.717) is 12.3 Å². The molecule has 21 heavy (non-hydrogen) atoms. The number of amides is 1. The second kappa shape index (κ2) is 9.05. The van der Waals surface area contributed by atoms with E-state index in [4.69, 9.17) is 4.74 Å². The summed E-state index contributed by atoms with van der Waals surface area (Å²) >= 11 is 3.44. The smallest absolute Gasteiger partial charge is 0.261 e. The summed E-state index contributed by atoms with van der Waals surface area (Å²) in [7, 11) is 4.05. The summed E-state index contributed by atoms with van der Waals surface area (Å²) in [6, 6.07) is 7.58. The summed E-state index contributed by atoms with van der Waals surface area (Å²) in [6.45, 7) is 5.60. The molecule has 0 saturated carbocycles. The third-order valence-electron chi connectivity index (χ3n) is 3.04. The monoisotopic (exact) mass is 356 g/mol. The minimum Gasteiger partial charge on any atom is -0.479 e. The Kier molecular flexibility index (Phi) is 7.75. The lowest BCUT2D eigenvalue weighted by atomic mass is 10.1. The molecule has 0 aromatic heterocycles. The van der Waals surface area contributed by atoms with Crippen molar-refractivity contribution in [2.24, 2.45) is 5.92 Å². The van der Waals surface area contributed by atoms with Crippen molar-refractivity contribution in [3.8, 4) is 5.75 Å². The van der Waals surface area contributed by atoms with Gasteiger partial charge in [0, 0.05) is 6.54 Å². The molecule has 5 heteroatoms. The van der Waals surface area contributed by atoms with Gasteiger partial charge in [-0.05, 0) is 61.0 Å². The lowest BCUT2D eigenvalue weighted by molar-refractivity contribution is -0.129. The Morgan fingerprint density at radius 3 is 2.57 bits per heavy atom. The normalized spacial score (nSPS) is 12.5. The van der Waals surface area contributed by atoms with Crippen LogP contribution in [0.2, 0.25) is 0 Å². The lowest BCUT2D eigenvalue weighted by Gasteiger charge is -2.22. The largest absolute Gasteiger partial charge is 0.479 e. The molecule has 0 aliphatic rings. The highest BCUT2D eigenvalue weighted by atomic mass is 79.9. The molecule has 0 radical (unpaired) electrons. The Balaban J connectivity index is 2.57. The lowest BCUT2D eigenvalue weighted by Crippen LogP contribution is -2.42. The summed E-state index contributed by atoms with van der Waals surface area (Å²) in [5.41, 5.74) is 0. The third-order valence-corrected chi connectivity index (χ3v) is 3.69. The van der Waals surface area contributed by atoms with Gasteiger partial charge in [0.1, 0.15) is 5.75 Å². The van der Waals surface area contributed by atoms with Crippen LogP contribution in [0, 0.1) is 5.92 Å². The molecule has 0 fully saturated rings. The highest BCUT2D eigenvalue weighted by molar-refractivity contribution is 9.10. The van der Waals surface area contributed by atoms with Crippen LogP contribution in [-0.4, -0.2) is 44.1 Å². The Bertz CT molecular complexity index is 450. The van der Waals surface area contributed by atoms with Crippen molar-refractivity contribution in [3.05, 3.63) is 28.7 Å². The van der Waals surface area contributed by atoms with Gasteiger partial charge < -0.3 is 15.0 Å². The number of ether oxygens (including phenoxy) is 1. The first-order chi connectivity index (χ1) is 9.91. The summed E-state index contributed by atoms with van der Waals surface area (Å²) in [4.78, 5) is 14.4. The molecule has 118 valence electrons. The second-order valence-corrected chi connectivity index (χ2v) is 6.52. The van der Waals surface area contributed by atoms with Crippen LogP contribution in [0.4, 0.5) is 0 Å². The zero-order valence-electron chi connectivity index (χ0n) is 13.2. The summed E-state index contributed by atoms with van der Waals surface area (Å²) in [5, 5.41) is 2.95. The van der Waals surface area contributed by atoms with Crippen LogP contribution in [0.15, 0.2) is 28.7 Å². The fraction of sp³-hybridized carbons (Fsp3) is 0.562. The number of carbonyl (C=O) groups is 1. The van der Waals surface area contributed by atoms with Gasteiger partial charge >= 0.3 is 0 Å². The second-order valence-electron chi connectivity index (χ2n) is 5.66. The molecule has 0 heterocycles. The number of nitrogens with one attached hydrogen (secondary N) is 1. The number of halogens is 1. The topological polar surface area (TPSA) is 41.6 Å². The molecule has 1 N–H and O–H groups in total. The maximum absolute atomic E-state index is 12.3. The summed E-state index contributed by atoms with van der Waals surface area (Å²) in [6.07, 6.45) is 0.446. The number of hydrogen-bond acceptors (Lipinski definition) is 3. The van der Waals surface area contributed by atoms with Gasteiger partial charge in [-0.2, -0.15) is 0 Å². The molecule has 4 nitrogen and oxygen atoms in total. The van der Waals surface area contributed by atoms with Crippen molar-refractivity contribution in [2.75, 3.05) is 27.2 Å². The van der Waals surface area contributed by atoms with E-state index in [1.54, 1.807) is 0 Å². The van der Waals surface area contributed by atoms with Crippen molar-refractivity contribution >= 4 is 21.8 Å². The van der Waals surface area contributed by atoms with Crippen LogP contribution in [-0.2, 0) is 4.79 Å². The third kappa shape index (κ3) is 6.48. The number of nitrogens with zero attached hydrogens (tertiary/aromatic N) is 1. The van der Waals surface area contributed by atoms with E-state index in [0.717, 1.165) is 17.4 Å². The first-order valence-corrected chi connectivity index (χ1v) is 8.04. The fourth-order valence-corrected chi connectivity index (χ4v) is 2.26. The molecule has 1 amide bonds. The van der Waals surface area contributed by atoms with E-state index in [1.165, 1.54) is 0 Å². The predicted molar refractivity (Wildman–Crippen MR) is 89.6 cm³/mol. The Morgan fingerprint density at radius 1 is 1.33 bits per heavy atom. The fourth-order valence-electron chi connectivity index (χ4n) is 1.88. The molecular formula is C16H25BrN2O2. The average Bonchev–Trinajstić information content (AvgIpc) is 2.41. The van der Waals surface area contributed by atoms with E-state index in [2.05, 4.69) is 26.1 Å². The standard InChI is InChI=1S/C16H25BrN2O2/c1-12(2)15(16(20)18-10-7-11-19(3)4)21-14-9-6-5-8-13(14)17/h5-6,8-9,12,15H,7,10-11H2,1-4H3,(H,18,20)/t15-/m1/s1. The van der Waals surface area contributed by atoms with Crippen LogP contribution in [0.25, 0.3) is 0 Å². The Hall–Kier alpha value is -1.07. The molecule has 1 aromatic rings. The average molecular weight is 357 g/mol. The molecule has 0 spiro atoms. The number of rotatable bonds is 8. The van der Waals surface area contributed by atoms with Gasteiger partial charge in [0.05, 0.1) is 4.47 Å². The van der Waals surface area contributed by atoms with Gasteiger partial charge in [-0.25, -0.2) is 0 Å². The van der Waals surface area contributed by atoms with Crippen LogP contribution in [0.3, 0.4) is 0 Å². The van der Waals surface area contributed by atoms with Gasteiger partial charge in [-0.15, -0.1) is 0 Å². The summed E-state index contributed by atoms with van der Waals surface area (Å²) in [5.74, 6) is 0.741. The minimum absolute atomic E-state index is 0.0560. The zero-order valence-corrected chi connectivity index (χ0v) is 14.8. The number of hydrogen-bond donors (Lipinski definition) is 1. The quantitative estimate of drug-likeness (QED) is 0.728. The molecule has 0 saturated heterocycles. The molecule has 0 unspecified atom stereocenters. The van der Waals surface area contributed by atoms with Crippen molar-refractivity contribution in [3.63, 3.8) is 0 Å². The van der Waals surface area contributed by atoms with Gasteiger partial charge in [-0.3, -0.25) is 4.79 Å². The van der Waals surface area contributed by atoms with Crippen molar-refractivity contribution in [2.45, 2.75) is 26.4 Å². The Morgan fingerprint density at radius 2 is 2.00 bits per heavy atom. The summed E-state index contributed by atoms with van der Waals surface area (Å²) < 4.78 is 6.73. The van der Waals surface area contributed by atoms with Crippen LogP contribution < -0.4 is 10.1 Å². The van der Waals surface area contributed by atoms with Crippen LogP contribution in [0.1, 0.15) is 20.3 Å². The minimum atomic E-state index is -0.483. The van der Waals surface area contributed by atoms with Crippen molar-refractivity contribution in [1.82, 2.24) is 10.2 Å². The van der Waals surface area contributed by atoms with Crippen molar-refractivity contribution in [1.29, 1.82) is 0 Å². The van der Waals surface area contributed by atoms with E-state index in [-0.39, 0.29) is 11.8 Å². The van der Waals surface area contributed by atoms with Gasteiger partial charge in [-0.1, -0.05) is 26.0 Å². The van der Waals surface area contributed by atoms with Crippen LogP contribution in [0.5, 0.6) is 5.75 Å². The first kappa shape index (κ1) is 18.0. The van der Waals surface area contributed by atoms with E-state index in [9.17, 15) is 4.79 Å². The van der Waals surface area contributed by atoms with Gasteiger partial charge in [0.15, 0.2) is 6.10 Å². The molecule has 1 atom stereocenters. The molecule has 0 bridgehead atoms. The van der Waals surface area contributed by atoms with E-state index < -0.39 is 6.10 Å². The zero-order chi connectivity index (χ0) is 15.8. The number of para-hydroxylation sites is 1. The maximum Gasteiger partial charge on any atom is 0.261 e. The highest BCUT2D eigenvalue weighted by Gasteiger charge is 2.24. The maximum atomic E-state index is 12.3. The molecule has 0 aliphatic heterocycles. The molecule has 0 aliphatic carbocycles. The van der Waals surface area contributed by atoms with E-state index >= 15 is 0 Å².